The second kappa shape index (κ2) is 3.71. The molecule has 0 aromatic heterocycles. The summed E-state index contributed by atoms with van der Waals surface area (Å²) < 4.78 is 0. The van der Waals surface area contributed by atoms with Gasteiger partial charge in [-0.3, -0.25) is 0 Å². The molecule has 0 radical (unpaired) electrons. The minimum Gasteiger partial charge on any atom is -0.478 e. The van der Waals surface area contributed by atoms with Crippen LogP contribution in [-0.2, 0) is 0 Å². The van der Waals surface area contributed by atoms with E-state index >= 15 is 0 Å². The summed E-state index contributed by atoms with van der Waals surface area (Å²) >= 11 is 0. The molecule has 1 aromatic rings. The topological polar surface area (TPSA) is 75.7 Å². The number of carboxylic acids is 1. The molecule has 0 saturated carbocycles. The number of aromatic carboxylic acids is 1. The Balaban J connectivity index is 3.00. The Kier molecular flexibility index (Phi) is 2.64. The van der Waals surface area contributed by atoms with Crippen molar-refractivity contribution in [1.29, 1.82) is 0 Å². The van der Waals surface area contributed by atoms with E-state index in [4.69, 9.17) is 10.9 Å². The lowest BCUT2D eigenvalue weighted by Gasteiger charge is -1.99. The summed E-state index contributed by atoms with van der Waals surface area (Å²) in [6, 6.07) is 6.39. The summed E-state index contributed by atoms with van der Waals surface area (Å²) in [5.41, 5.74) is 1.76. The third-order valence-corrected chi connectivity index (χ3v) is 1.74. The van der Waals surface area contributed by atoms with Gasteiger partial charge in [-0.1, -0.05) is 12.1 Å². The highest BCUT2D eigenvalue weighted by Crippen LogP contribution is 2.05. The minimum absolute atomic E-state index is 0.258. The van der Waals surface area contributed by atoms with Crippen molar-refractivity contribution in [2.45, 2.75) is 6.92 Å². The van der Waals surface area contributed by atoms with Crippen LogP contribution in [0.2, 0.25) is 0 Å². The van der Waals surface area contributed by atoms with Crippen LogP contribution in [0.1, 0.15) is 22.8 Å². The van der Waals surface area contributed by atoms with Crippen LogP contribution in [0.3, 0.4) is 0 Å². The van der Waals surface area contributed by atoms with Gasteiger partial charge in [-0.25, -0.2) is 4.79 Å². The molecule has 0 aliphatic rings. The van der Waals surface area contributed by atoms with Gasteiger partial charge < -0.3 is 10.9 Å². The number of benzene rings is 1. The Morgan fingerprint density at radius 3 is 2.15 bits per heavy atom. The molecule has 0 heterocycles. The van der Waals surface area contributed by atoms with Gasteiger partial charge in [-0.05, 0) is 24.6 Å². The SMILES string of the molecule is C/C(=N/N)c1ccc(C(=O)O)cc1. The number of hydrogen-bond donors (Lipinski definition) is 2. The van der Waals surface area contributed by atoms with Crippen molar-refractivity contribution >= 4 is 11.7 Å². The van der Waals surface area contributed by atoms with Crippen molar-refractivity contribution in [3.8, 4) is 0 Å². The summed E-state index contributed by atoms with van der Waals surface area (Å²) in [5.74, 6) is 4.14. The van der Waals surface area contributed by atoms with Gasteiger partial charge in [0.2, 0.25) is 0 Å². The van der Waals surface area contributed by atoms with E-state index < -0.39 is 5.97 Å². The highest BCUT2D eigenvalue weighted by Gasteiger charge is 2.02. The Labute approximate surface area is 75.7 Å². The van der Waals surface area contributed by atoms with E-state index in [2.05, 4.69) is 5.10 Å². The standard InChI is InChI=1S/C9H10N2O2/c1-6(11-10)7-2-4-8(5-3-7)9(12)13/h2-5H,10H2,1H3,(H,12,13)/b11-6-. The Morgan fingerprint density at radius 1 is 1.31 bits per heavy atom. The molecule has 0 saturated heterocycles. The van der Waals surface area contributed by atoms with Crippen molar-refractivity contribution < 1.29 is 9.90 Å². The van der Waals surface area contributed by atoms with E-state index in [1.165, 1.54) is 12.1 Å². The maximum atomic E-state index is 10.5. The van der Waals surface area contributed by atoms with Gasteiger partial charge in [0.25, 0.3) is 0 Å². The molecule has 1 aromatic carbocycles. The molecule has 4 nitrogen and oxygen atoms in total. The zero-order chi connectivity index (χ0) is 9.84. The number of hydrogen-bond acceptors (Lipinski definition) is 3. The number of rotatable bonds is 2. The minimum atomic E-state index is -0.936. The first-order chi connectivity index (χ1) is 6.15. The number of nitrogens with two attached hydrogens (primary N) is 1. The third-order valence-electron chi connectivity index (χ3n) is 1.74. The fourth-order valence-electron chi connectivity index (χ4n) is 0.929. The van der Waals surface area contributed by atoms with Gasteiger partial charge in [0.15, 0.2) is 0 Å². The van der Waals surface area contributed by atoms with E-state index in [9.17, 15) is 4.79 Å². The highest BCUT2D eigenvalue weighted by molar-refractivity contribution is 5.99. The van der Waals surface area contributed by atoms with Crippen LogP contribution in [0.25, 0.3) is 0 Å². The van der Waals surface area contributed by atoms with Crippen molar-refractivity contribution in [2.75, 3.05) is 0 Å². The summed E-state index contributed by atoms with van der Waals surface area (Å²) in [4.78, 5) is 10.5. The summed E-state index contributed by atoms with van der Waals surface area (Å²) in [6.45, 7) is 1.76. The lowest BCUT2D eigenvalue weighted by molar-refractivity contribution is 0.0697. The number of nitrogens with zero attached hydrogens (tertiary/aromatic N) is 1. The first-order valence-electron chi connectivity index (χ1n) is 3.73. The Morgan fingerprint density at radius 2 is 1.77 bits per heavy atom. The van der Waals surface area contributed by atoms with Crippen LogP contribution in [0, 0.1) is 0 Å². The molecule has 0 aliphatic carbocycles. The summed E-state index contributed by atoms with van der Waals surface area (Å²) in [7, 11) is 0. The molecule has 4 heteroatoms. The largest absolute Gasteiger partial charge is 0.478 e. The van der Waals surface area contributed by atoms with Crippen LogP contribution in [0.5, 0.6) is 0 Å². The molecular formula is C9H10N2O2. The normalized spacial score (nSPS) is 11.3. The lowest BCUT2D eigenvalue weighted by Crippen LogP contribution is -2.00. The quantitative estimate of drug-likeness (QED) is 0.404. The van der Waals surface area contributed by atoms with E-state index in [0.29, 0.717) is 5.71 Å². The van der Waals surface area contributed by atoms with Crippen molar-refractivity contribution in [1.82, 2.24) is 0 Å². The van der Waals surface area contributed by atoms with Crippen molar-refractivity contribution in [3.05, 3.63) is 35.4 Å². The molecule has 3 N–H and O–H groups in total. The Hall–Kier alpha value is -1.84. The monoisotopic (exact) mass is 178 g/mol. The molecule has 0 amide bonds. The number of carboxylic acid groups (broad SMARTS) is 1. The smallest absolute Gasteiger partial charge is 0.335 e. The zero-order valence-corrected chi connectivity index (χ0v) is 7.19. The second-order valence-corrected chi connectivity index (χ2v) is 2.60. The van der Waals surface area contributed by atoms with Crippen LogP contribution in [-0.4, -0.2) is 16.8 Å². The maximum absolute atomic E-state index is 10.5. The Bertz CT molecular complexity index is 341. The number of hydrazone groups is 1. The molecule has 0 aliphatic heterocycles. The van der Waals surface area contributed by atoms with Gasteiger partial charge in [0, 0.05) is 0 Å². The predicted molar refractivity (Wildman–Crippen MR) is 49.8 cm³/mol. The first-order valence-corrected chi connectivity index (χ1v) is 3.73. The number of carbonyl (C=O) groups is 1. The van der Waals surface area contributed by atoms with E-state index in [0.717, 1.165) is 5.56 Å². The highest BCUT2D eigenvalue weighted by atomic mass is 16.4. The molecule has 0 fully saturated rings. The van der Waals surface area contributed by atoms with Gasteiger partial charge in [-0.15, -0.1) is 0 Å². The second-order valence-electron chi connectivity index (χ2n) is 2.60. The van der Waals surface area contributed by atoms with Crippen LogP contribution in [0.15, 0.2) is 29.4 Å². The average Bonchev–Trinajstić information content (AvgIpc) is 2.17. The van der Waals surface area contributed by atoms with E-state index in [1.807, 2.05) is 0 Å². The molecule has 0 unspecified atom stereocenters. The first kappa shape index (κ1) is 9.25. The lowest BCUT2D eigenvalue weighted by atomic mass is 10.1. The van der Waals surface area contributed by atoms with Crippen LogP contribution >= 0.6 is 0 Å². The van der Waals surface area contributed by atoms with Gasteiger partial charge in [0.05, 0.1) is 11.3 Å². The molecule has 13 heavy (non-hydrogen) atoms. The summed E-state index contributed by atoms with van der Waals surface area (Å²) in [5, 5.41) is 12.1. The van der Waals surface area contributed by atoms with Crippen LogP contribution < -0.4 is 5.84 Å². The maximum Gasteiger partial charge on any atom is 0.335 e. The zero-order valence-electron chi connectivity index (χ0n) is 7.19. The van der Waals surface area contributed by atoms with Gasteiger partial charge in [-0.2, -0.15) is 5.10 Å². The van der Waals surface area contributed by atoms with Crippen LogP contribution in [0.4, 0.5) is 0 Å². The average molecular weight is 178 g/mol. The molecular weight excluding hydrogens is 168 g/mol. The molecule has 0 bridgehead atoms. The fourth-order valence-corrected chi connectivity index (χ4v) is 0.929. The van der Waals surface area contributed by atoms with Crippen molar-refractivity contribution in [3.63, 3.8) is 0 Å². The summed E-state index contributed by atoms with van der Waals surface area (Å²) in [6.07, 6.45) is 0. The van der Waals surface area contributed by atoms with E-state index in [1.54, 1.807) is 19.1 Å². The molecule has 68 valence electrons. The van der Waals surface area contributed by atoms with Gasteiger partial charge in [0.1, 0.15) is 0 Å². The van der Waals surface area contributed by atoms with E-state index in [-0.39, 0.29) is 5.56 Å². The molecule has 0 spiro atoms. The molecule has 0 atom stereocenters. The third kappa shape index (κ3) is 2.05. The predicted octanol–water partition coefficient (Wildman–Crippen LogP) is 1.07. The van der Waals surface area contributed by atoms with Gasteiger partial charge >= 0.3 is 5.97 Å². The fraction of sp³-hybridized carbons (Fsp3) is 0.111. The molecule has 1 rings (SSSR count). The van der Waals surface area contributed by atoms with Crippen molar-refractivity contribution in [2.24, 2.45) is 10.9 Å².